The molecule has 0 unspecified atom stereocenters. The Morgan fingerprint density at radius 1 is 1.11 bits per heavy atom. The van der Waals surface area contributed by atoms with Gasteiger partial charge in [-0.1, -0.05) is 0 Å². The van der Waals surface area contributed by atoms with Crippen LogP contribution in [0.4, 0.5) is 15.8 Å². The van der Waals surface area contributed by atoms with Crippen molar-refractivity contribution in [1.29, 1.82) is 0 Å². The molecule has 0 atom stereocenters. The molecule has 6 rings (SSSR count). The molecule has 5 aromatic rings. The molecular weight excluding hydrogens is 453 g/mol. The number of H-pyrrole nitrogens is 2. The maximum atomic E-state index is 15.1. The third-order valence-electron chi connectivity index (χ3n) is 5.97. The van der Waals surface area contributed by atoms with E-state index in [4.69, 9.17) is 4.74 Å². The van der Waals surface area contributed by atoms with Crippen LogP contribution in [-0.4, -0.2) is 61.0 Å². The first kappa shape index (κ1) is 21.2. The number of hydrogen-bond donors (Lipinski definition) is 3. The number of imidazole rings is 1. The minimum atomic E-state index is -0.464. The van der Waals surface area contributed by atoms with Crippen molar-refractivity contribution in [2.75, 3.05) is 36.5 Å². The van der Waals surface area contributed by atoms with Crippen molar-refractivity contribution in [3.63, 3.8) is 0 Å². The Labute approximate surface area is 198 Å². The van der Waals surface area contributed by atoms with Gasteiger partial charge in [0, 0.05) is 44.4 Å². The molecule has 35 heavy (non-hydrogen) atoms. The highest BCUT2D eigenvalue weighted by Crippen LogP contribution is 2.32. The predicted octanol–water partition coefficient (Wildman–Crippen LogP) is 2.18. The van der Waals surface area contributed by atoms with Gasteiger partial charge in [-0.2, -0.15) is 5.10 Å². The number of nitrogens with one attached hydrogen (secondary N) is 3. The Kier molecular flexibility index (Phi) is 5.14. The molecule has 1 fully saturated rings. The number of anilines is 2. The van der Waals surface area contributed by atoms with Crippen molar-refractivity contribution in [3.8, 4) is 11.4 Å². The van der Waals surface area contributed by atoms with Gasteiger partial charge in [0.2, 0.25) is 0 Å². The molecule has 178 valence electrons. The lowest BCUT2D eigenvalue weighted by atomic mass is 10.2. The van der Waals surface area contributed by atoms with E-state index in [1.165, 1.54) is 6.07 Å². The Morgan fingerprint density at radius 2 is 1.91 bits per heavy atom. The van der Waals surface area contributed by atoms with Gasteiger partial charge in [-0.25, -0.2) is 19.3 Å². The number of halogens is 1. The van der Waals surface area contributed by atoms with E-state index in [2.05, 4.69) is 40.2 Å². The quantitative estimate of drug-likeness (QED) is 0.353. The van der Waals surface area contributed by atoms with E-state index in [1.807, 2.05) is 6.07 Å². The second-order valence-corrected chi connectivity index (χ2v) is 8.30. The smallest absolute Gasteiger partial charge is 0.261 e. The summed E-state index contributed by atoms with van der Waals surface area (Å²) >= 11 is 0. The number of morpholine rings is 1. The Balaban J connectivity index is 1.48. The Hall–Kier alpha value is -4.32. The van der Waals surface area contributed by atoms with Crippen LogP contribution in [0.2, 0.25) is 0 Å². The van der Waals surface area contributed by atoms with Gasteiger partial charge in [-0.05, 0) is 18.2 Å². The molecule has 4 aromatic heterocycles. The molecule has 1 aliphatic rings. The van der Waals surface area contributed by atoms with Crippen LogP contribution in [0, 0.1) is 5.82 Å². The maximum Gasteiger partial charge on any atom is 0.261 e. The number of pyridine rings is 1. The Bertz CT molecular complexity index is 1590. The predicted molar refractivity (Wildman–Crippen MR) is 129 cm³/mol. The average molecular weight is 475 g/mol. The van der Waals surface area contributed by atoms with Crippen LogP contribution in [0.5, 0.6) is 0 Å². The highest BCUT2D eigenvalue weighted by atomic mass is 19.1. The first-order chi connectivity index (χ1) is 17.1. The fraction of sp³-hybridized carbons (Fsp3) is 0.261. The van der Waals surface area contributed by atoms with Gasteiger partial charge in [0.15, 0.2) is 5.82 Å². The lowest BCUT2D eigenvalue weighted by molar-refractivity contribution is 0.122. The molecule has 5 heterocycles. The summed E-state index contributed by atoms with van der Waals surface area (Å²) in [5, 5.41) is 7.76. The van der Waals surface area contributed by atoms with Crippen LogP contribution in [0.15, 0.2) is 41.6 Å². The average Bonchev–Trinajstić information content (AvgIpc) is 3.46. The molecule has 0 radical (unpaired) electrons. The van der Waals surface area contributed by atoms with E-state index in [-0.39, 0.29) is 29.0 Å². The molecule has 0 saturated carbocycles. The second-order valence-electron chi connectivity index (χ2n) is 8.30. The zero-order valence-electron chi connectivity index (χ0n) is 18.9. The van der Waals surface area contributed by atoms with Crippen molar-refractivity contribution in [1.82, 2.24) is 34.7 Å². The van der Waals surface area contributed by atoms with Crippen molar-refractivity contribution < 1.29 is 9.13 Å². The summed E-state index contributed by atoms with van der Waals surface area (Å²) in [5.41, 5.74) is 2.83. The monoisotopic (exact) mass is 475 g/mol. The van der Waals surface area contributed by atoms with Gasteiger partial charge in [0.1, 0.15) is 28.2 Å². The largest absolute Gasteiger partial charge is 0.378 e. The molecule has 1 saturated heterocycles. The Morgan fingerprint density at radius 3 is 2.71 bits per heavy atom. The number of fused-ring (bicyclic) bond motifs is 2. The number of benzene rings is 1. The van der Waals surface area contributed by atoms with Crippen LogP contribution in [0.25, 0.3) is 33.5 Å². The fourth-order valence-electron chi connectivity index (χ4n) is 4.35. The third-order valence-corrected chi connectivity index (χ3v) is 5.97. The first-order valence-corrected chi connectivity index (χ1v) is 11.2. The summed E-state index contributed by atoms with van der Waals surface area (Å²) in [6, 6.07) is 5.04. The number of rotatable bonds is 5. The lowest BCUT2D eigenvalue weighted by Gasteiger charge is -2.28. The van der Waals surface area contributed by atoms with E-state index in [0.717, 1.165) is 5.69 Å². The van der Waals surface area contributed by atoms with E-state index in [9.17, 15) is 4.79 Å². The van der Waals surface area contributed by atoms with Crippen LogP contribution in [0.3, 0.4) is 0 Å². The molecule has 0 aliphatic carbocycles. The molecular formula is C23H22FN9O2. The third kappa shape index (κ3) is 3.87. The summed E-state index contributed by atoms with van der Waals surface area (Å²) in [4.78, 5) is 34.2. The summed E-state index contributed by atoms with van der Waals surface area (Å²) in [6.45, 7) is 2.80. The van der Waals surface area contributed by atoms with Crippen molar-refractivity contribution >= 4 is 33.4 Å². The van der Waals surface area contributed by atoms with Crippen LogP contribution in [-0.2, 0) is 18.3 Å². The standard InChI is InChI=1S/C23H22FN9O2/c1-32-12-16-20(31-32)21(27-11-17-25-3-2-4-26-17)18(23(34)29-16)22-28-15-10-13(9-14(24)19(15)30-22)33-5-7-35-8-6-33/h2-4,9-10,12,27H,5-8,11H2,1H3,(H,28,30)(H,29,34). The van der Waals surface area contributed by atoms with Gasteiger partial charge in [0.25, 0.3) is 5.56 Å². The van der Waals surface area contributed by atoms with Gasteiger partial charge in [-0.15, -0.1) is 0 Å². The SMILES string of the molecule is Cn1cc2[nH]c(=O)c(-c3nc4c(F)cc(N5CCOCC5)cc4[nH]3)c(NCc3ncccn3)c2n1. The number of aryl methyl sites for hydroxylation is 1. The molecule has 0 spiro atoms. The molecule has 1 aliphatic heterocycles. The highest BCUT2D eigenvalue weighted by molar-refractivity contribution is 5.96. The van der Waals surface area contributed by atoms with E-state index < -0.39 is 5.82 Å². The van der Waals surface area contributed by atoms with E-state index >= 15 is 4.39 Å². The maximum absolute atomic E-state index is 15.1. The van der Waals surface area contributed by atoms with Crippen molar-refractivity contribution in [2.45, 2.75) is 6.54 Å². The number of ether oxygens (including phenoxy) is 1. The molecule has 12 heteroatoms. The number of aromatic nitrogens is 7. The van der Waals surface area contributed by atoms with Gasteiger partial charge in [-0.3, -0.25) is 9.48 Å². The molecule has 3 N–H and O–H groups in total. The van der Waals surface area contributed by atoms with Crippen LogP contribution < -0.4 is 15.8 Å². The highest BCUT2D eigenvalue weighted by Gasteiger charge is 2.22. The zero-order chi connectivity index (χ0) is 23.9. The van der Waals surface area contributed by atoms with Crippen LogP contribution in [0.1, 0.15) is 5.82 Å². The van der Waals surface area contributed by atoms with Gasteiger partial charge in [0.05, 0.1) is 36.5 Å². The van der Waals surface area contributed by atoms with Crippen molar-refractivity contribution in [3.05, 3.63) is 58.8 Å². The van der Waals surface area contributed by atoms with E-state index in [1.54, 1.807) is 36.4 Å². The zero-order valence-corrected chi connectivity index (χ0v) is 18.9. The summed E-state index contributed by atoms with van der Waals surface area (Å²) in [5.74, 6) is 0.325. The second kappa shape index (κ2) is 8.47. The van der Waals surface area contributed by atoms with Crippen LogP contribution >= 0.6 is 0 Å². The summed E-state index contributed by atoms with van der Waals surface area (Å²) in [7, 11) is 1.77. The normalized spacial score (nSPS) is 14.2. The fourth-order valence-corrected chi connectivity index (χ4v) is 4.35. The molecule has 0 amide bonds. The van der Waals surface area contributed by atoms with Gasteiger partial charge < -0.3 is 24.9 Å². The summed E-state index contributed by atoms with van der Waals surface area (Å²) < 4.78 is 22.1. The number of nitrogens with zero attached hydrogens (tertiary/aromatic N) is 6. The van der Waals surface area contributed by atoms with Gasteiger partial charge >= 0.3 is 0 Å². The number of hydrogen-bond acceptors (Lipinski definition) is 8. The number of aromatic amines is 2. The lowest BCUT2D eigenvalue weighted by Crippen LogP contribution is -2.36. The molecule has 1 aromatic carbocycles. The summed E-state index contributed by atoms with van der Waals surface area (Å²) in [6.07, 6.45) is 5.01. The van der Waals surface area contributed by atoms with Crippen molar-refractivity contribution in [2.24, 2.45) is 7.05 Å². The van der Waals surface area contributed by atoms with E-state index in [0.29, 0.717) is 54.4 Å². The minimum Gasteiger partial charge on any atom is -0.378 e. The topological polar surface area (TPSA) is 130 Å². The molecule has 11 nitrogen and oxygen atoms in total. The molecule has 0 bridgehead atoms. The first-order valence-electron chi connectivity index (χ1n) is 11.2. The minimum absolute atomic E-state index is 0.162.